The molecule has 0 aromatic heterocycles. The van der Waals surface area contributed by atoms with Gasteiger partial charge < -0.3 is 10.6 Å². The number of carbonyl (C=O) groups excluding carboxylic acids is 2. The van der Waals surface area contributed by atoms with E-state index in [0.29, 0.717) is 12.0 Å². The fraction of sp³-hybridized carbons (Fsp3) is 0.176. The van der Waals surface area contributed by atoms with E-state index in [1.165, 1.54) is 24.3 Å². The largest absolute Gasteiger partial charge is 0.352 e. The Morgan fingerprint density at radius 2 is 1.81 bits per heavy atom. The van der Waals surface area contributed by atoms with E-state index in [2.05, 4.69) is 10.6 Å². The average Bonchev–Trinajstić information content (AvgIpc) is 2.82. The molecule has 0 unspecified atom stereocenters. The van der Waals surface area contributed by atoms with Gasteiger partial charge in [0, 0.05) is 12.1 Å². The molecule has 0 saturated heterocycles. The van der Waals surface area contributed by atoms with E-state index < -0.39 is 33.3 Å². The highest BCUT2D eigenvalue weighted by Gasteiger charge is 2.48. The molecule has 27 heavy (non-hydrogen) atoms. The van der Waals surface area contributed by atoms with E-state index >= 15 is 0 Å². The second-order valence-electron chi connectivity index (χ2n) is 6.03. The summed E-state index contributed by atoms with van der Waals surface area (Å²) in [5, 5.41) is 9.59. The van der Waals surface area contributed by atoms with Gasteiger partial charge in [0.1, 0.15) is 0 Å². The SMILES string of the molecule is NS(=O)(=O)c1ccc(CCC(=O)Nc2ccc3c(c2)C(F)(F)C(=O)N3)cc1. The van der Waals surface area contributed by atoms with Crippen LogP contribution < -0.4 is 15.8 Å². The van der Waals surface area contributed by atoms with Crippen LogP contribution in [0.25, 0.3) is 0 Å². The van der Waals surface area contributed by atoms with Crippen molar-refractivity contribution in [1.82, 2.24) is 0 Å². The molecule has 142 valence electrons. The molecule has 2 aromatic carbocycles. The van der Waals surface area contributed by atoms with Crippen molar-refractivity contribution >= 4 is 33.2 Å². The first-order valence-corrected chi connectivity index (χ1v) is 9.37. The fourth-order valence-corrected chi connectivity index (χ4v) is 3.16. The zero-order chi connectivity index (χ0) is 19.8. The summed E-state index contributed by atoms with van der Waals surface area (Å²) in [4.78, 5) is 23.2. The van der Waals surface area contributed by atoms with Gasteiger partial charge in [0.2, 0.25) is 15.9 Å². The van der Waals surface area contributed by atoms with Crippen molar-refractivity contribution < 1.29 is 26.8 Å². The Morgan fingerprint density at radius 3 is 2.44 bits per heavy atom. The monoisotopic (exact) mass is 395 g/mol. The lowest BCUT2D eigenvalue weighted by Crippen LogP contribution is -2.23. The first kappa shape index (κ1) is 18.9. The van der Waals surface area contributed by atoms with Crippen LogP contribution in [0, 0.1) is 0 Å². The van der Waals surface area contributed by atoms with Gasteiger partial charge in [-0.25, -0.2) is 13.6 Å². The summed E-state index contributed by atoms with van der Waals surface area (Å²) >= 11 is 0. The molecule has 0 radical (unpaired) electrons. The van der Waals surface area contributed by atoms with Gasteiger partial charge >= 0.3 is 5.92 Å². The normalized spacial score (nSPS) is 15.1. The van der Waals surface area contributed by atoms with Crippen LogP contribution in [0.2, 0.25) is 0 Å². The molecule has 0 bridgehead atoms. The predicted octanol–water partition coefficient (Wildman–Crippen LogP) is 1.95. The van der Waals surface area contributed by atoms with Crippen LogP contribution in [-0.2, 0) is 32.0 Å². The Balaban J connectivity index is 1.62. The molecule has 10 heteroatoms. The quantitative estimate of drug-likeness (QED) is 0.717. The molecule has 0 fully saturated rings. The van der Waals surface area contributed by atoms with Gasteiger partial charge in [-0.05, 0) is 42.3 Å². The highest BCUT2D eigenvalue weighted by molar-refractivity contribution is 7.89. The van der Waals surface area contributed by atoms with Gasteiger partial charge in [0.25, 0.3) is 5.91 Å². The van der Waals surface area contributed by atoms with Crippen molar-refractivity contribution in [3.8, 4) is 0 Å². The first-order chi connectivity index (χ1) is 12.6. The third kappa shape index (κ3) is 3.96. The number of primary sulfonamides is 1. The average molecular weight is 395 g/mol. The molecule has 1 aliphatic heterocycles. The smallest absolute Gasteiger partial charge is 0.326 e. The molecule has 1 heterocycles. The Kier molecular flexibility index (Phi) is 4.70. The van der Waals surface area contributed by atoms with E-state index in [1.54, 1.807) is 12.1 Å². The Bertz CT molecular complexity index is 1020. The van der Waals surface area contributed by atoms with E-state index in [-0.39, 0.29) is 22.7 Å². The van der Waals surface area contributed by atoms with Gasteiger partial charge in [0.05, 0.1) is 16.1 Å². The number of halogens is 2. The highest BCUT2D eigenvalue weighted by Crippen LogP contribution is 2.41. The van der Waals surface area contributed by atoms with E-state index in [4.69, 9.17) is 5.14 Å². The molecule has 1 aliphatic rings. The maximum atomic E-state index is 13.8. The lowest BCUT2D eigenvalue weighted by Gasteiger charge is -2.10. The summed E-state index contributed by atoms with van der Waals surface area (Å²) in [6, 6.07) is 9.55. The maximum absolute atomic E-state index is 13.8. The number of nitrogens with two attached hydrogens (primary N) is 1. The van der Waals surface area contributed by atoms with Crippen molar-refractivity contribution in [2.45, 2.75) is 23.7 Å². The lowest BCUT2D eigenvalue weighted by atomic mass is 10.1. The van der Waals surface area contributed by atoms with Crippen LogP contribution in [0.4, 0.5) is 20.2 Å². The molecular weight excluding hydrogens is 380 g/mol. The number of anilines is 2. The van der Waals surface area contributed by atoms with Gasteiger partial charge in [0.15, 0.2) is 0 Å². The number of alkyl halides is 2. The minimum Gasteiger partial charge on any atom is -0.326 e. The summed E-state index contributed by atoms with van der Waals surface area (Å²) in [5.41, 5.74) is 0.397. The van der Waals surface area contributed by atoms with Crippen LogP contribution in [0.1, 0.15) is 17.5 Å². The molecule has 0 aliphatic carbocycles. The minimum absolute atomic E-state index is 0.0120. The van der Waals surface area contributed by atoms with Gasteiger partial charge in [-0.3, -0.25) is 9.59 Å². The number of amides is 2. The molecule has 4 N–H and O–H groups in total. The number of sulfonamides is 1. The number of aryl methyl sites for hydroxylation is 1. The zero-order valence-electron chi connectivity index (χ0n) is 13.8. The molecule has 2 amide bonds. The van der Waals surface area contributed by atoms with Crippen LogP contribution in [0.15, 0.2) is 47.4 Å². The van der Waals surface area contributed by atoms with Gasteiger partial charge in [-0.15, -0.1) is 0 Å². The van der Waals surface area contributed by atoms with Crippen molar-refractivity contribution in [1.29, 1.82) is 0 Å². The van der Waals surface area contributed by atoms with Crippen molar-refractivity contribution in [2.24, 2.45) is 5.14 Å². The van der Waals surface area contributed by atoms with Crippen molar-refractivity contribution in [3.63, 3.8) is 0 Å². The van der Waals surface area contributed by atoms with Crippen LogP contribution >= 0.6 is 0 Å². The topological polar surface area (TPSA) is 118 Å². The van der Waals surface area contributed by atoms with E-state index in [1.807, 2.05) is 0 Å². The summed E-state index contributed by atoms with van der Waals surface area (Å²) in [7, 11) is -3.78. The molecule has 2 aromatic rings. The van der Waals surface area contributed by atoms with E-state index in [9.17, 15) is 26.8 Å². The van der Waals surface area contributed by atoms with Crippen LogP contribution in [0.5, 0.6) is 0 Å². The number of hydrogen-bond acceptors (Lipinski definition) is 4. The number of hydrogen-bond donors (Lipinski definition) is 3. The Hall–Kier alpha value is -2.85. The second-order valence-corrected chi connectivity index (χ2v) is 7.59. The first-order valence-electron chi connectivity index (χ1n) is 7.83. The molecular formula is C17H15F2N3O4S. The summed E-state index contributed by atoms with van der Waals surface area (Å²) in [6.07, 6.45) is 0.372. The fourth-order valence-electron chi connectivity index (χ4n) is 2.64. The predicted molar refractivity (Wildman–Crippen MR) is 93.7 cm³/mol. The zero-order valence-corrected chi connectivity index (χ0v) is 14.6. The van der Waals surface area contributed by atoms with Crippen molar-refractivity contribution in [2.75, 3.05) is 10.6 Å². The molecule has 7 nitrogen and oxygen atoms in total. The number of rotatable bonds is 5. The third-order valence-electron chi connectivity index (χ3n) is 4.07. The molecule has 0 saturated carbocycles. The number of nitrogens with one attached hydrogen (secondary N) is 2. The summed E-state index contributed by atoms with van der Waals surface area (Å²) in [6.45, 7) is 0. The van der Waals surface area contributed by atoms with Crippen LogP contribution in [-0.4, -0.2) is 20.2 Å². The Morgan fingerprint density at radius 1 is 1.15 bits per heavy atom. The third-order valence-corrected chi connectivity index (χ3v) is 5.00. The maximum Gasteiger partial charge on any atom is 0.352 e. The van der Waals surface area contributed by atoms with E-state index in [0.717, 1.165) is 6.07 Å². The number of fused-ring (bicyclic) bond motifs is 1. The molecule has 3 rings (SSSR count). The van der Waals surface area contributed by atoms with Crippen LogP contribution in [0.3, 0.4) is 0 Å². The number of benzene rings is 2. The molecule has 0 spiro atoms. The van der Waals surface area contributed by atoms with Gasteiger partial charge in [-0.2, -0.15) is 8.78 Å². The lowest BCUT2D eigenvalue weighted by molar-refractivity contribution is -0.139. The summed E-state index contributed by atoms with van der Waals surface area (Å²) in [5.74, 6) is -5.45. The minimum atomic E-state index is -3.78. The summed E-state index contributed by atoms with van der Waals surface area (Å²) < 4.78 is 49.9. The molecule has 0 atom stereocenters. The Labute approximate surface area is 153 Å². The highest BCUT2D eigenvalue weighted by atomic mass is 32.2. The second kappa shape index (κ2) is 6.71. The van der Waals surface area contributed by atoms with Gasteiger partial charge in [-0.1, -0.05) is 12.1 Å². The van der Waals surface area contributed by atoms with Crippen molar-refractivity contribution in [3.05, 3.63) is 53.6 Å². The number of carbonyl (C=O) groups is 2. The standard InChI is InChI=1S/C17H15F2N3O4S/c18-17(19)13-9-11(4-7-14(13)22-16(17)24)21-15(23)8-3-10-1-5-12(6-2-10)27(20,25)26/h1-2,4-7,9H,3,8H2,(H,21,23)(H,22,24)(H2,20,25,26).